The number of carboxylic acids is 1. The summed E-state index contributed by atoms with van der Waals surface area (Å²) < 4.78 is 5.48. The van der Waals surface area contributed by atoms with Gasteiger partial charge in [-0.05, 0) is 80.8 Å². The van der Waals surface area contributed by atoms with Gasteiger partial charge in [-0.1, -0.05) is 31.2 Å². The number of hydrogen-bond donors (Lipinski definition) is 2. The summed E-state index contributed by atoms with van der Waals surface area (Å²) in [4.78, 5) is 25.7. The number of anilines is 1. The number of rotatable bonds is 12. The van der Waals surface area contributed by atoms with E-state index in [2.05, 4.69) is 41.4 Å². The van der Waals surface area contributed by atoms with Gasteiger partial charge >= 0.3 is 5.97 Å². The molecule has 1 heterocycles. The third kappa shape index (κ3) is 6.81. The lowest BCUT2D eigenvalue weighted by Gasteiger charge is -2.31. The van der Waals surface area contributed by atoms with Gasteiger partial charge in [-0.15, -0.1) is 0 Å². The lowest BCUT2D eigenvalue weighted by atomic mass is 9.95. The van der Waals surface area contributed by atoms with E-state index in [0.29, 0.717) is 30.4 Å². The van der Waals surface area contributed by atoms with Crippen LogP contribution in [0.25, 0.3) is 0 Å². The molecular formula is C27H36N2O4. The van der Waals surface area contributed by atoms with Crippen LogP contribution in [0.15, 0.2) is 42.5 Å². The first-order valence-electron chi connectivity index (χ1n) is 12.0. The van der Waals surface area contributed by atoms with Crippen molar-refractivity contribution in [1.82, 2.24) is 5.32 Å². The molecule has 2 aromatic carbocycles. The van der Waals surface area contributed by atoms with Gasteiger partial charge in [0.25, 0.3) is 0 Å². The molecule has 1 fully saturated rings. The molecule has 6 nitrogen and oxygen atoms in total. The minimum atomic E-state index is -1.04. The van der Waals surface area contributed by atoms with Crippen LogP contribution in [0.5, 0.6) is 5.75 Å². The van der Waals surface area contributed by atoms with Crippen molar-refractivity contribution >= 4 is 17.9 Å². The number of ether oxygens (including phenoxy) is 1. The van der Waals surface area contributed by atoms with Crippen molar-refractivity contribution in [2.75, 3.05) is 31.1 Å². The zero-order valence-corrected chi connectivity index (χ0v) is 19.8. The van der Waals surface area contributed by atoms with Crippen molar-refractivity contribution in [3.8, 4) is 5.75 Å². The maximum absolute atomic E-state index is 11.8. The summed E-state index contributed by atoms with van der Waals surface area (Å²) in [5, 5.41) is 12.7. The number of carbonyl (C=O) groups is 2. The number of hydrogen-bond acceptors (Lipinski definition) is 5. The van der Waals surface area contributed by atoms with E-state index in [1.54, 1.807) is 19.1 Å². The fraction of sp³-hybridized carbons (Fsp3) is 0.481. The highest BCUT2D eigenvalue weighted by Gasteiger charge is 2.18. The zero-order chi connectivity index (χ0) is 23.6. The second-order valence-corrected chi connectivity index (χ2v) is 8.84. The highest BCUT2D eigenvalue weighted by Crippen LogP contribution is 2.27. The minimum absolute atomic E-state index is 0.103. The van der Waals surface area contributed by atoms with E-state index < -0.39 is 12.0 Å². The van der Waals surface area contributed by atoms with E-state index in [-0.39, 0.29) is 5.56 Å². The van der Waals surface area contributed by atoms with E-state index in [9.17, 15) is 14.7 Å². The van der Waals surface area contributed by atoms with E-state index in [4.69, 9.17) is 4.74 Å². The van der Waals surface area contributed by atoms with Crippen LogP contribution in [-0.2, 0) is 11.2 Å². The van der Waals surface area contributed by atoms with Gasteiger partial charge in [-0.25, -0.2) is 4.79 Å². The van der Waals surface area contributed by atoms with Gasteiger partial charge in [0.2, 0.25) is 0 Å². The molecule has 0 amide bonds. The number of nitrogens with zero attached hydrogens (tertiary/aromatic N) is 1. The van der Waals surface area contributed by atoms with Crippen molar-refractivity contribution in [1.29, 1.82) is 0 Å². The SMILES string of the molecule is CCOc1cc(C(C=O)NCCC(C)Cc2ccccc2N2CCCCC2)ccc1C(=O)O. The number of benzene rings is 2. The second kappa shape index (κ2) is 12.4. The van der Waals surface area contributed by atoms with Crippen LogP contribution in [0, 0.1) is 5.92 Å². The Morgan fingerprint density at radius 3 is 2.64 bits per heavy atom. The number of nitrogens with one attached hydrogen (secondary N) is 1. The smallest absolute Gasteiger partial charge is 0.339 e. The first-order chi connectivity index (χ1) is 16.0. The molecule has 33 heavy (non-hydrogen) atoms. The van der Waals surface area contributed by atoms with E-state index in [0.717, 1.165) is 32.2 Å². The van der Waals surface area contributed by atoms with Gasteiger partial charge in [0.15, 0.2) is 0 Å². The second-order valence-electron chi connectivity index (χ2n) is 8.84. The number of carbonyl (C=O) groups excluding carboxylic acids is 1. The fourth-order valence-electron chi connectivity index (χ4n) is 4.52. The lowest BCUT2D eigenvalue weighted by molar-refractivity contribution is -0.109. The molecule has 6 heteroatoms. The van der Waals surface area contributed by atoms with Crippen LogP contribution >= 0.6 is 0 Å². The van der Waals surface area contributed by atoms with Crippen molar-refractivity contribution in [2.24, 2.45) is 5.92 Å². The standard InChI is InChI=1S/C27H36N2O4/c1-3-33-26-18-21(11-12-23(26)27(31)32)24(19-30)28-14-13-20(2)17-22-9-5-6-10-25(22)29-15-7-4-8-16-29/h5-6,9-12,18-20,24,28H,3-4,7-8,13-17H2,1-2H3,(H,31,32). The van der Waals surface area contributed by atoms with Gasteiger partial charge < -0.3 is 24.9 Å². The maximum Gasteiger partial charge on any atom is 0.339 e. The molecule has 0 aliphatic carbocycles. The molecule has 2 atom stereocenters. The normalized spacial score (nSPS) is 15.6. The molecule has 1 saturated heterocycles. The summed E-state index contributed by atoms with van der Waals surface area (Å²) in [6.07, 6.45) is 6.65. The van der Waals surface area contributed by atoms with Crippen LogP contribution in [-0.4, -0.2) is 43.6 Å². The van der Waals surface area contributed by atoms with Gasteiger partial charge in [-0.3, -0.25) is 0 Å². The van der Waals surface area contributed by atoms with Crippen molar-refractivity contribution in [3.05, 3.63) is 59.2 Å². The molecular weight excluding hydrogens is 416 g/mol. The molecule has 0 radical (unpaired) electrons. The molecule has 0 spiro atoms. The fourth-order valence-corrected chi connectivity index (χ4v) is 4.52. The van der Waals surface area contributed by atoms with E-state index in [1.165, 1.54) is 36.6 Å². The van der Waals surface area contributed by atoms with Gasteiger partial charge in [0, 0.05) is 18.8 Å². The minimum Gasteiger partial charge on any atom is -0.493 e. The average molecular weight is 453 g/mol. The Kier molecular flexibility index (Phi) is 9.31. The zero-order valence-electron chi connectivity index (χ0n) is 19.8. The maximum atomic E-state index is 11.8. The molecule has 2 N–H and O–H groups in total. The molecule has 3 rings (SSSR count). The average Bonchev–Trinajstić information content (AvgIpc) is 2.83. The van der Waals surface area contributed by atoms with E-state index in [1.807, 2.05) is 0 Å². The Morgan fingerprint density at radius 1 is 1.18 bits per heavy atom. The van der Waals surface area contributed by atoms with Crippen LogP contribution in [0.2, 0.25) is 0 Å². The first-order valence-corrected chi connectivity index (χ1v) is 12.0. The Hall–Kier alpha value is -2.86. The topological polar surface area (TPSA) is 78.9 Å². The van der Waals surface area contributed by atoms with E-state index >= 15 is 0 Å². The number of aromatic carboxylic acids is 1. The molecule has 2 aromatic rings. The summed E-state index contributed by atoms with van der Waals surface area (Å²) >= 11 is 0. The summed E-state index contributed by atoms with van der Waals surface area (Å²) in [5.41, 5.74) is 3.57. The summed E-state index contributed by atoms with van der Waals surface area (Å²) in [5.74, 6) is -0.290. The lowest BCUT2D eigenvalue weighted by Crippen LogP contribution is -2.30. The molecule has 2 unspecified atom stereocenters. The predicted octanol–water partition coefficient (Wildman–Crippen LogP) is 4.87. The van der Waals surface area contributed by atoms with Crippen molar-refractivity contribution in [3.63, 3.8) is 0 Å². The molecule has 1 aliphatic rings. The van der Waals surface area contributed by atoms with Gasteiger partial charge in [0.1, 0.15) is 17.6 Å². The van der Waals surface area contributed by atoms with Crippen LogP contribution in [0.4, 0.5) is 5.69 Å². The molecule has 0 bridgehead atoms. The third-order valence-electron chi connectivity index (χ3n) is 6.29. The highest BCUT2D eigenvalue weighted by atomic mass is 16.5. The summed E-state index contributed by atoms with van der Waals surface area (Å²) in [7, 11) is 0. The Morgan fingerprint density at radius 2 is 1.94 bits per heavy atom. The highest BCUT2D eigenvalue weighted by molar-refractivity contribution is 5.91. The number of para-hydroxylation sites is 1. The molecule has 0 aromatic heterocycles. The third-order valence-corrected chi connectivity index (χ3v) is 6.29. The summed E-state index contributed by atoms with van der Waals surface area (Å²) in [6.45, 7) is 7.38. The van der Waals surface area contributed by atoms with Gasteiger partial charge in [0.05, 0.1) is 12.6 Å². The van der Waals surface area contributed by atoms with Crippen LogP contribution in [0.3, 0.4) is 0 Å². The van der Waals surface area contributed by atoms with Crippen LogP contribution in [0.1, 0.15) is 67.1 Å². The first kappa shape index (κ1) is 24.8. The number of aldehydes is 1. The Labute approximate surface area is 196 Å². The molecule has 1 aliphatic heterocycles. The quantitative estimate of drug-likeness (QED) is 0.447. The van der Waals surface area contributed by atoms with Crippen molar-refractivity contribution < 1.29 is 19.4 Å². The van der Waals surface area contributed by atoms with Crippen LogP contribution < -0.4 is 15.0 Å². The Balaban J connectivity index is 1.58. The number of carboxylic acid groups (broad SMARTS) is 1. The monoisotopic (exact) mass is 452 g/mol. The number of piperidine rings is 1. The predicted molar refractivity (Wildman–Crippen MR) is 131 cm³/mol. The van der Waals surface area contributed by atoms with Gasteiger partial charge in [-0.2, -0.15) is 0 Å². The molecule has 178 valence electrons. The van der Waals surface area contributed by atoms with Crippen molar-refractivity contribution in [2.45, 2.75) is 52.0 Å². The summed E-state index contributed by atoms with van der Waals surface area (Å²) in [6, 6.07) is 13.0. The Bertz CT molecular complexity index is 924. The largest absolute Gasteiger partial charge is 0.493 e. The molecule has 0 saturated carbocycles.